The van der Waals surface area contributed by atoms with Gasteiger partial charge in [-0.3, -0.25) is 14.7 Å². The quantitative estimate of drug-likeness (QED) is 0.762. The predicted octanol–water partition coefficient (Wildman–Crippen LogP) is 0.755. The lowest BCUT2D eigenvalue weighted by molar-refractivity contribution is -0.122. The van der Waals surface area contributed by atoms with Crippen LogP contribution in [-0.2, 0) is 11.3 Å². The summed E-state index contributed by atoms with van der Waals surface area (Å²) in [7, 11) is 1.99. The van der Waals surface area contributed by atoms with Gasteiger partial charge >= 0.3 is 0 Å². The average Bonchev–Trinajstić information content (AvgIpc) is 2.36. The zero-order chi connectivity index (χ0) is 14.3. The largest absolute Gasteiger partial charge is 0.354 e. The fraction of sp³-hybridized carbons (Fsp3) is 0.571. The lowest BCUT2D eigenvalue weighted by Gasteiger charge is -2.26. The van der Waals surface area contributed by atoms with E-state index in [2.05, 4.69) is 15.2 Å². The van der Waals surface area contributed by atoms with Gasteiger partial charge in [-0.1, -0.05) is 0 Å². The molecule has 1 rings (SSSR count). The summed E-state index contributed by atoms with van der Waals surface area (Å²) < 4.78 is 0. The number of likely N-dealkylation sites (N-methyl/N-ethyl adjacent to an activating group) is 1. The van der Waals surface area contributed by atoms with Crippen molar-refractivity contribution in [3.63, 3.8) is 0 Å². The van der Waals surface area contributed by atoms with Gasteiger partial charge in [0.1, 0.15) is 0 Å². The van der Waals surface area contributed by atoms with Gasteiger partial charge < -0.3 is 11.1 Å². The Labute approximate surface area is 115 Å². The molecule has 1 atom stereocenters. The number of carbonyl (C=O) groups is 1. The van der Waals surface area contributed by atoms with Crippen molar-refractivity contribution >= 4 is 5.91 Å². The summed E-state index contributed by atoms with van der Waals surface area (Å²) in [6, 6.07) is 4.15. The first kappa shape index (κ1) is 15.6. The molecule has 3 N–H and O–H groups in total. The van der Waals surface area contributed by atoms with Gasteiger partial charge in [-0.05, 0) is 38.6 Å². The molecule has 0 aromatic carbocycles. The van der Waals surface area contributed by atoms with E-state index in [9.17, 15) is 4.79 Å². The third kappa shape index (κ3) is 5.81. The number of rotatable bonds is 7. The number of nitrogens with two attached hydrogens (primary N) is 1. The van der Waals surface area contributed by atoms with Crippen LogP contribution in [0, 0.1) is 0 Å². The van der Waals surface area contributed by atoms with Crippen molar-refractivity contribution in [2.45, 2.75) is 38.9 Å². The van der Waals surface area contributed by atoms with Crippen LogP contribution in [0.15, 0.2) is 24.5 Å². The molecule has 1 aromatic rings. The summed E-state index contributed by atoms with van der Waals surface area (Å²) in [6.07, 6.45) is 3.97. The van der Waals surface area contributed by atoms with Crippen LogP contribution in [-0.4, -0.2) is 41.5 Å². The monoisotopic (exact) mass is 264 g/mol. The summed E-state index contributed by atoms with van der Waals surface area (Å²) in [4.78, 5) is 17.9. The number of hydrogen-bond donors (Lipinski definition) is 2. The normalized spacial score (nSPS) is 12.7. The Kier molecular flexibility index (Phi) is 6.45. The lowest BCUT2D eigenvalue weighted by atomic mass is 10.1. The molecule has 0 aliphatic carbocycles. The highest BCUT2D eigenvalue weighted by molar-refractivity contribution is 5.76. The number of nitrogens with zero attached hydrogens (tertiary/aromatic N) is 2. The lowest BCUT2D eigenvalue weighted by Crippen LogP contribution is -2.42. The molecular weight excluding hydrogens is 240 g/mol. The van der Waals surface area contributed by atoms with Crippen LogP contribution in [0.4, 0.5) is 0 Å². The number of aromatic nitrogens is 1. The zero-order valence-electron chi connectivity index (χ0n) is 12.0. The molecule has 1 aromatic heterocycles. The van der Waals surface area contributed by atoms with Crippen LogP contribution in [0.2, 0.25) is 0 Å². The first-order valence-electron chi connectivity index (χ1n) is 6.61. The van der Waals surface area contributed by atoms with Crippen molar-refractivity contribution in [2.24, 2.45) is 5.73 Å². The Morgan fingerprint density at radius 3 is 2.58 bits per heavy atom. The molecule has 19 heavy (non-hydrogen) atoms. The summed E-state index contributed by atoms with van der Waals surface area (Å²) in [5.41, 5.74) is 6.94. The Balaban J connectivity index is 2.52. The van der Waals surface area contributed by atoms with E-state index in [1.165, 1.54) is 5.56 Å². The second-order valence-corrected chi connectivity index (χ2v) is 5.09. The van der Waals surface area contributed by atoms with Gasteiger partial charge in [0, 0.05) is 44.0 Å². The van der Waals surface area contributed by atoms with Gasteiger partial charge in [-0.25, -0.2) is 0 Å². The van der Waals surface area contributed by atoms with E-state index >= 15 is 0 Å². The van der Waals surface area contributed by atoms with Crippen LogP contribution < -0.4 is 11.1 Å². The Morgan fingerprint density at radius 1 is 1.42 bits per heavy atom. The first-order chi connectivity index (χ1) is 9.02. The van der Waals surface area contributed by atoms with Crippen molar-refractivity contribution in [3.8, 4) is 0 Å². The highest BCUT2D eigenvalue weighted by atomic mass is 16.1. The first-order valence-corrected chi connectivity index (χ1v) is 6.61. The van der Waals surface area contributed by atoms with Crippen molar-refractivity contribution in [3.05, 3.63) is 30.1 Å². The molecule has 1 amide bonds. The summed E-state index contributed by atoms with van der Waals surface area (Å²) in [6.45, 7) is 5.14. The van der Waals surface area contributed by atoms with E-state index in [4.69, 9.17) is 5.73 Å². The van der Waals surface area contributed by atoms with Crippen LogP contribution >= 0.6 is 0 Å². The molecule has 5 heteroatoms. The van der Waals surface area contributed by atoms with Crippen molar-refractivity contribution in [1.82, 2.24) is 15.2 Å². The standard InChI is InChI=1S/C14H24N4O/c1-11(2)17-14(19)8-13(9-15)18(3)10-12-4-6-16-7-5-12/h4-7,11,13H,8-10,15H2,1-3H3,(H,17,19). The Bertz CT molecular complexity index is 380. The maximum absolute atomic E-state index is 11.8. The summed E-state index contributed by atoms with van der Waals surface area (Å²) in [5.74, 6) is 0.0482. The van der Waals surface area contributed by atoms with Crippen molar-refractivity contribution in [1.29, 1.82) is 0 Å². The minimum absolute atomic E-state index is 0.0481. The third-order valence-corrected chi connectivity index (χ3v) is 2.95. The number of carbonyl (C=O) groups excluding carboxylic acids is 1. The van der Waals surface area contributed by atoms with E-state index < -0.39 is 0 Å². The van der Waals surface area contributed by atoms with Crippen LogP contribution in [0.1, 0.15) is 25.8 Å². The topological polar surface area (TPSA) is 71.2 Å². The molecular formula is C14H24N4O. The smallest absolute Gasteiger partial charge is 0.221 e. The van der Waals surface area contributed by atoms with E-state index in [0.29, 0.717) is 13.0 Å². The molecule has 1 heterocycles. The predicted molar refractivity (Wildman–Crippen MR) is 76.4 cm³/mol. The van der Waals surface area contributed by atoms with Crippen molar-refractivity contribution in [2.75, 3.05) is 13.6 Å². The number of nitrogens with one attached hydrogen (secondary N) is 1. The molecule has 0 aliphatic heterocycles. The molecule has 0 spiro atoms. The summed E-state index contributed by atoms with van der Waals surface area (Å²) in [5, 5.41) is 2.90. The average molecular weight is 264 g/mol. The second-order valence-electron chi connectivity index (χ2n) is 5.09. The highest BCUT2D eigenvalue weighted by Crippen LogP contribution is 2.07. The molecule has 0 bridgehead atoms. The maximum Gasteiger partial charge on any atom is 0.221 e. The van der Waals surface area contributed by atoms with Gasteiger partial charge in [0.2, 0.25) is 5.91 Å². The second kappa shape index (κ2) is 7.86. The van der Waals surface area contributed by atoms with Gasteiger partial charge in [0.05, 0.1) is 0 Å². The van der Waals surface area contributed by atoms with Gasteiger partial charge in [0.15, 0.2) is 0 Å². The van der Waals surface area contributed by atoms with E-state index in [-0.39, 0.29) is 18.0 Å². The van der Waals surface area contributed by atoms with Gasteiger partial charge in [-0.2, -0.15) is 0 Å². The molecule has 0 saturated heterocycles. The third-order valence-electron chi connectivity index (χ3n) is 2.95. The highest BCUT2D eigenvalue weighted by Gasteiger charge is 2.17. The van der Waals surface area contributed by atoms with E-state index in [0.717, 1.165) is 6.54 Å². The fourth-order valence-corrected chi connectivity index (χ4v) is 1.92. The minimum atomic E-state index is 0.0481. The molecule has 0 aliphatic rings. The zero-order valence-corrected chi connectivity index (χ0v) is 12.0. The molecule has 0 saturated carbocycles. The van der Waals surface area contributed by atoms with Gasteiger partial charge in [0.25, 0.3) is 0 Å². The molecule has 106 valence electrons. The number of hydrogen-bond acceptors (Lipinski definition) is 4. The van der Waals surface area contributed by atoms with Crippen molar-refractivity contribution < 1.29 is 4.79 Å². The number of pyridine rings is 1. The molecule has 5 nitrogen and oxygen atoms in total. The fourth-order valence-electron chi connectivity index (χ4n) is 1.92. The van der Waals surface area contributed by atoms with E-state index in [1.54, 1.807) is 12.4 Å². The van der Waals surface area contributed by atoms with Gasteiger partial charge in [-0.15, -0.1) is 0 Å². The summed E-state index contributed by atoms with van der Waals surface area (Å²) >= 11 is 0. The van der Waals surface area contributed by atoms with Crippen LogP contribution in [0.5, 0.6) is 0 Å². The van der Waals surface area contributed by atoms with E-state index in [1.807, 2.05) is 33.0 Å². The Hall–Kier alpha value is -1.46. The molecule has 1 unspecified atom stereocenters. The molecule has 0 radical (unpaired) electrons. The minimum Gasteiger partial charge on any atom is -0.354 e. The number of amides is 1. The maximum atomic E-state index is 11.8. The SMILES string of the molecule is CC(C)NC(=O)CC(CN)N(C)Cc1ccncc1. The molecule has 0 fully saturated rings. The van der Waals surface area contributed by atoms with Crippen LogP contribution in [0.25, 0.3) is 0 Å². The Morgan fingerprint density at radius 2 is 2.05 bits per heavy atom. The van der Waals surface area contributed by atoms with Crippen LogP contribution in [0.3, 0.4) is 0 Å².